The number of nitrogens with zero attached hydrogens (tertiary/aromatic N) is 1. The molecule has 1 unspecified atom stereocenters. The Hall–Kier alpha value is -2.43. The van der Waals surface area contributed by atoms with E-state index < -0.39 is 28.9 Å². The highest BCUT2D eigenvalue weighted by Gasteiger charge is 2.55. The molecule has 4 aliphatic rings. The number of aliphatic hydroxyl groups is 1. The van der Waals surface area contributed by atoms with Gasteiger partial charge >= 0.3 is 0 Å². The molecule has 1 atom stereocenters. The number of rotatable bonds is 8. The molecule has 0 saturated heterocycles. The molecule has 2 bridgehead atoms. The molecule has 3 fully saturated rings. The molecule has 0 radical (unpaired) electrons. The van der Waals surface area contributed by atoms with E-state index in [1.807, 2.05) is 0 Å². The molecule has 0 spiro atoms. The first-order chi connectivity index (χ1) is 17.3. The fraction of sp³-hybridized carbons (Fsp3) is 0.560. The third-order valence-electron chi connectivity index (χ3n) is 7.53. The quantitative estimate of drug-likeness (QED) is 0.476. The van der Waals surface area contributed by atoms with E-state index in [-0.39, 0.29) is 29.9 Å². The van der Waals surface area contributed by atoms with Gasteiger partial charge < -0.3 is 25.2 Å². The van der Waals surface area contributed by atoms with E-state index in [0.29, 0.717) is 37.3 Å². The lowest BCUT2D eigenvalue weighted by atomic mass is 9.60. The molecule has 1 aromatic carbocycles. The van der Waals surface area contributed by atoms with Gasteiger partial charge in [0.15, 0.2) is 13.2 Å². The van der Waals surface area contributed by atoms with E-state index in [2.05, 4.69) is 15.6 Å². The first kappa shape index (κ1) is 25.2. The van der Waals surface area contributed by atoms with E-state index in [1.54, 1.807) is 0 Å². The molecule has 11 heteroatoms. The van der Waals surface area contributed by atoms with Crippen LogP contribution >= 0.6 is 22.9 Å². The molecular weight excluding hydrogens is 509 g/mol. The number of carbonyl (C=O) groups excluding carboxylic acids is 2. The fourth-order valence-electron chi connectivity index (χ4n) is 5.54. The van der Waals surface area contributed by atoms with Crippen LogP contribution in [-0.2, 0) is 22.4 Å². The van der Waals surface area contributed by atoms with Crippen molar-refractivity contribution in [3.05, 3.63) is 39.6 Å². The second kappa shape index (κ2) is 10.1. The van der Waals surface area contributed by atoms with Crippen molar-refractivity contribution < 1.29 is 28.6 Å². The van der Waals surface area contributed by atoms with E-state index in [0.717, 1.165) is 37.4 Å². The molecule has 8 nitrogen and oxygen atoms in total. The monoisotopic (exact) mass is 537 g/mol. The third-order valence-corrected chi connectivity index (χ3v) is 8.90. The van der Waals surface area contributed by atoms with Crippen LogP contribution in [0.5, 0.6) is 10.9 Å². The van der Waals surface area contributed by atoms with E-state index >= 15 is 0 Å². The molecule has 194 valence electrons. The Morgan fingerprint density at radius 3 is 2.56 bits per heavy atom. The summed E-state index contributed by atoms with van der Waals surface area (Å²) in [5.74, 6) is -1.07. The maximum atomic E-state index is 13.6. The van der Waals surface area contributed by atoms with Crippen LogP contribution in [0.15, 0.2) is 18.2 Å². The van der Waals surface area contributed by atoms with Gasteiger partial charge in [0, 0.05) is 16.5 Å². The number of aliphatic hydroxyl groups excluding tert-OH is 1. The Kier molecular flexibility index (Phi) is 7.11. The van der Waals surface area contributed by atoms with Gasteiger partial charge in [0.1, 0.15) is 11.6 Å². The zero-order valence-electron chi connectivity index (χ0n) is 19.8. The van der Waals surface area contributed by atoms with Crippen molar-refractivity contribution in [2.75, 3.05) is 13.2 Å². The number of ether oxygens (including phenoxy) is 2. The van der Waals surface area contributed by atoms with Gasteiger partial charge in [-0.2, -0.15) is 0 Å². The minimum atomic E-state index is -0.816. The minimum Gasteiger partial charge on any atom is -0.484 e. The highest BCUT2D eigenvalue weighted by atomic mass is 35.5. The van der Waals surface area contributed by atoms with Crippen LogP contribution < -0.4 is 20.1 Å². The van der Waals surface area contributed by atoms with Crippen LogP contribution in [0.3, 0.4) is 0 Å². The molecule has 6 rings (SSSR count). The summed E-state index contributed by atoms with van der Waals surface area (Å²) in [6.45, 7) is -0.427. The van der Waals surface area contributed by atoms with Crippen molar-refractivity contribution in [2.24, 2.45) is 0 Å². The molecule has 36 heavy (non-hydrogen) atoms. The summed E-state index contributed by atoms with van der Waals surface area (Å²) in [4.78, 5) is 31.0. The maximum Gasteiger partial charge on any atom is 0.274 e. The second-order valence-corrected chi connectivity index (χ2v) is 11.4. The summed E-state index contributed by atoms with van der Waals surface area (Å²) in [6, 6.07) is 3.96. The van der Waals surface area contributed by atoms with Crippen LogP contribution in [0.25, 0.3) is 0 Å². The first-order valence-corrected chi connectivity index (χ1v) is 13.4. The molecule has 1 heterocycles. The molecule has 2 aromatic rings. The Morgan fingerprint density at radius 2 is 1.83 bits per heavy atom. The number of aryl methyl sites for hydroxylation is 2. The van der Waals surface area contributed by atoms with Crippen LogP contribution in [0.2, 0.25) is 5.02 Å². The van der Waals surface area contributed by atoms with Crippen molar-refractivity contribution in [3.63, 3.8) is 0 Å². The molecule has 2 amide bonds. The number of aromatic nitrogens is 1. The average molecular weight is 538 g/mol. The van der Waals surface area contributed by atoms with E-state index in [4.69, 9.17) is 21.1 Å². The smallest absolute Gasteiger partial charge is 0.274 e. The maximum absolute atomic E-state index is 13.6. The van der Waals surface area contributed by atoms with Crippen molar-refractivity contribution >= 4 is 34.8 Å². The van der Waals surface area contributed by atoms with Crippen molar-refractivity contribution in [1.82, 2.24) is 15.6 Å². The second-order valence-electron chi connectivity index (χ2n) is 9.96. The number of amides is 2. The summed E-state index contributed by atoms with van der Waals surface area (Å²) in [5, 5.41) is 17.4. The number of halogens is 2. The van der Waals surface area contributed by atoms with Crippen molar-refractivity contribution in [3.8, 4) is 10.9 Å². The van der Waals surface area contributed by atoms with Gasteiger partial charge in [-0.1, -0.05) is 22.9 Å². The lowest BCUT2D eigenvalue weighted by molar-refractivity contribution is -0.137. The Morgan fingerprint density at radius 1 is 1.11 bits per heavy atom. The van der Waals surface area contributed by atoms with Gasteiger partial charge in [0.05, 0.1) is 22.4 Å². The minimum absolute atomic E-state index is 0.0257. The van der Waals surface area contributed by atoms with Crippen molar-refractivity contribution in [1.29, 1.82) is 0 Å². The SMILES string of the molecule is O=C(COc1nc2c(s1)CCCC2)NC12CCC(NC(=O)COc3ccc(Cl)c(F)c3)(CC1)C(O)C2. The van der Waals surface area contributed by atoms with Crippen LogP contribution in [0, 0.1) is 5.82 Å². The Labute approximate surface area is 217 Å². The zero-order valence-corrected chi connectivity index (χ0v) is 21.4. The predicted molar refractivity (Wildman–Crippen MR) is 132 cm³/mol. The van der Waals surface area contributed by atoms with Crippen LogP contribution in [0.4, 0.5) is 4.39 Å². The highest BCUT2D eigenvalue weighted by Crippen LogP contribution is 2.47. The van der Waals surface area contributed by atoms with Crippen molar-refractivity contribution in [2.45, 2.75) is 75.0 Å². The molecular formula is C25H29ClFN3O5S. The number of thiazole rings is 1. The Balaban J connectivity index is 1.11. The van der Waals surface area contributed by atoms with Gasteiger partial charge in [-0.25, -0.2) is 9.37 Å². The first-order valence-electron chi connectivity index (χ1n) is 12.3. The summed E-state index contributed by atoms with van der Waals surface area (Å²) < 4.78 is 24.6. The van der Waals surface area contributed by atoms with Crippen LogP contribution in [0.1, 0.15) is 55.5 Å². The normalized spacial score (nSPS) is 26.7. The van der Waals surface area contributed by atoms with Gasteiger partial charge in [-0.05, 0) is 69.9 Å². The summed E-state index contributed by atoms with van der Waals surface area (Å²) in [5.41, 5.74) is -0.201. The summed E-state index contributed by atoms with van der Waals surface area (Å²) >= 11 is 7.18. The largest absolute Gasteiger partial charge is 0.484 e. The fourth-order valence-corrected chi connectivity index (χ4v) is 6.65. The summed E-state index contributed by atoms with van der Waals surface area (Å²) in [7, 11) is 0. The van der Waals surface area contributed by atoms with E-state index in [9.17, 15) is 19.1 Å². The van der Waals surface area contributed by atoms with Gasteiger partial charge in [-0.15, -0.1) is 0 Å². The predicted octanol–water partition coefficient (Wildman–Crippen LogP) is 3.32. The average Bonchev–Trinajstić information content (AvgIpc) is 3.28. The molecule has 4 aliphatic carbocycles. The lowest BCUT2D eigenvalue weighted by Gasteiger charge is -2.56. The standard InChI is InChI=1S/C25H29ClFN3O5S/c26-16-6-5-15(11-17(16)27)34-13-22(33)30-25-9-7-24(8-10-25,12-20(25)31)29-21(32)14-35-23-28-18-3-1-2-4-19(18)36-23/h5-6,11,20,31H,1-4,7-10,12-14H2,(H,29,32)(H,30,33). The Bertz CT molecular complexity index is 1130. The topological polar surface area (TPSA) is 110 Å². The number of benzene rings is 1. The highest BCUT2D eigenvalue weighted by molar-refractivity contribution is 7.13. The molecule has 3 N–H and O–H groups in total. The van der Waals surface area contributed by atoms with Gasteiger partial charge in [0.2, 0.25) is 0 Å². The summed E-state index contributed by atoms with van der Waals surface area (Å²) in [6.07, 6.45) is 6.12. The third kappa shape index (κ3) is 5.31. The number of hydrogen-bond donors (Lipinski definition) is 3. The molecule has 3 saturated carbocycles. The molecule has 1 aromatic heterocycles. The van der Waals surface area contributed by atoms with Gasteiger partial charge in [0.25, 0.3) is 17.0 Å². The zero-order chi connectivity index (χ0) is 25.3. The number of nitrogens with one attached hydrogen (secondary N) is 2. The van der Waals surface area contributed by atoms with Crippen LogP contribution in [-0.4, -0.2) is 52.3 Å². The lowest BCUT2D eigenvalue weighted by Crippen LogP contribution is -2.70. The number of hydrogen-bond acceptors (Lipinski definition) is 7. The number of carbonyl (C=O) groups is 2. The van der Waals surface area contributed by atoms with Gasteiger partial charge in [-0.3, -0.25) is 9.59 Å². The van der Waals surface area contributed by atoms with E-state index in [1.165, 1.54) is 28.3 Å². The molecule has 0 aliphatic heterocycles. The number of fused-ring (bicyclic) bond motifs is 4.